The zero-order chi connectivity index (χ0) is 17.3. The van der Waals surface area contributed by atoms with Crippen LogP contribution in [0.15, 0.2) is 12.7 Å². The van der Waals surface area contributed by atoms with Crippen LogP contribution in [0, 0.1) is 23.2 Å². The average Bonchev–Trinajstić information content (AvgIpc) is 2.46. The molecule has 23 heavy (non-hydrogen) atoms. The molecule has 0 aromatic rings. The Balaban J connectivity index is 2.10. The molecule has 0 radical (unpaired) electrons. The molecule has 1 N–H and O–H groups in total. The Kier molecular flexibility index (Phi) is 5.97. The Labute approximate surface area is 142 Å². The van der Waals surface area contributed by atoms with E-state index in [1.165, 1.54) is 12.8 Å². The van der Waals surface area contributed by atoms with Gasteiger partial charge in [0.15, 0.2) is 5.79 Å². The second-order valence-corrected chi connectivity index (χ2v) is 8.70. The van der Waals surface area contributed by atoms with Gasteiger partial charge in [-0.1, -0.05) is 47.1 Å². The van der Waals surface area contributed by atoms with Crippen LogP contribution in [-0.4, -0.2) is 29.7 Å². The Morgan fingerprint density at radius 1 is 1.30 bits per heavy atom. The third kappa shape index (κ3) is 4.18. The highest BCUT2D eigenvalue weighted by atomic mass is 16.7. The van der Waals surface area contributed by atoms with Crippen LogP contribution >= 0.6 is 0 Å². The molecule has 2 fully saturated rings. The summed E-state index contributed by atoms with van der Waals surface area (Å²) in [5.41, 5.74) is -0.286. The zero-order valence-corrected chi connectivity index (χ0v) is 15.7. The van der Waals surface area contributed by atoms with Crippen molar-refractivity contribution in [1.82, 2.24) is 0 Å². The first-order chi connectivity index (χ1) is 10.7. The minimum atomic E-state index is -0.438. The van der Waals surface area contributed by atoms with E-state index in [1.54, 1.807) is 0 Å². The molecule has 1 aliphatic carbocycles. The Morgan fingerprint density at radius 2 is 2.00 bits per heavy atom. The molecule has 134 valence electrons. The van der Waals surface area contributed by atoms with E-state index in [2.05, 4.69) is 27.4 Å². The average molecular weight is 325 g/mol. The Bertz CT molecular complexity index is 404. The summed E-state index contributed by atoms with van der Waals surface area (Å²) in [6.07, 6.45) is 6.41. The van der Waals surface area contributed by atoms with Crippen LogP contribution < -0.4 is 0 Å². The molecule has 0 bridgehead atoms. The minimum absolute atomic E-state index is 0.0736. The summed E-state index contributed by atoms with van der Waals surface area (Å²) >= 11 is 0. The van der Waals surface area contributed by atoms with E-state index < -0.39 is 11.9 Å². The van der Waals surface area contributed by atoms with E-state index in [-0.39, 0.29) is 11.5 Å². The molecular formula is C20H36O3. The molecule has 4 unspecified atom stereocenters. The summed E-state index contributed by atoms with van der Waals surface area (Å²) in [6, 6.07) is 0. The predicted octanol–water partition coefficient (Wildman–Crippen LogP) is 4.54. The van der Waals surface area contributed by atoms with Gasteiger partial charge in [0.1, 0.15) is 0 Å². The highest BCUT2D eigenvalue weighted by Gasteiger charge is 2.50. The third-order valence-electron chi connectivity index (χ3n) is 6.00. The quantitative estimate of drug-likeness (QED) is 0.754. The smallest absolute Gasteiger partial charge is 0.171 e. The van der Waals surface area contributed by atoms with Gasteiger partial charge in [-0.05, 0) is 24.7 Å². The maximum Gasteiger partial charge on any atom is 0.171 e. The molecule has 3 heteroatoms. The predicted molar refractivity (Wildman–Crippen MR) is 94.1 cm³/mol. The molecule has 0 amide bonds. The van der Waals surface area contributed by atoms with Crippen LogP contribution in [0.1, 0.15) is 66.7 Å². The lowest BCUT2D eigenvalue weighted by Crippen LogP contribution is -2.55. The highest BCUT2D eigenvalue weighted by molar-refractivity contribution is 4.96. The van der Waals surface area contributed by atoms with Gasteiger partial charge in [0.05, 0.1) is 18.8 Å². The molecular weight excluding hydrogens is 288 g/mol. The summed E-state index contributed by atoms with van der Waals surface area (Å²) in [6.45, 7) is 15.5. The molecule has 1 saturated carbocycles. The summed E-state index contributed by atoms with van der Waals surface area (Å²) in [5, 5.41) is 10.6. The van der Waals surface area contributed by atoms with Crippen molar-refractivity contribution in [3.05, 3.63) is 12.7 Å². The van der Waals surface area contributed by atoms with Crippen LogP contribution in [0.5, 0.6) is 0 Å². The minimum Gasteiger partial charge on any atom is -0.392 e. The molecule has 1 heterocycles. The Hall–Kier alpha value is -0.380. The second kappa shape index (κ2) is 7.25. The summed E-state index contributed by atoms with van der Waals surface area (Å²) in [7, 11) is 0. The van der Waals surface area contributed by atoms with Gasteiger partial charge in [-0.15, -0.1) is 6.58 Å². The van der Waals surface area contributed by atoms with Gasteiger partial charge >= 0.3 is 0 Å². The normalized spacial score (nSPS) is 37.1. The fourth-order valence-electron chi connectivity index (χ4n) is 4.16. The molecule has 1 aliphatic heterocycles. The number of hydrogen-bond acceptors (Lipinski definition) is 3. The van der Waals surface area contributed by atoms with E-state index in [4.69, 9.17) is 9.47 Å². The SMILES string of the molecule is C=CC(C)(C)C(O)CC1CCOC2(C[C@H](C)CCC2C(C)C)O1. The van der Waals surface area contributed by atoms with E-state index in [0.29, 0.717) is 24.2 Å². The topological polar surface area (TPSA) is 38.7 Å². The van der Waals surface area contributed by atoms with Gasteiger partial charge in [0, 0.05) is 24.2 Å². The number of rotatable bonds is 5. The molecule has 3 nitrogen and oxygen atoms in total. The van der Waals surface area contributed by atoms with Crippen LogP contribution in [0.2, 0.25) is 0 Å². The zero-order valence-electron chi connectivity index (χ0n) is 15.7. The lowest BCUT2D eigenvalue weighted by molar-refractivity contribution is -0.341. The fraction of sp³-hybridized carbons (Fsp3) is 0.900. The van der Waals surface area contributed by atoms with Gasteiger partial charge in [-0.25, -0.2) is 0 Å². The van der Waals surface area contributed by atoms with Crippen LogP contribution in [0.3, 0.4) is 0 Å². The first kappa shape index (κ1) is 19.0. The van der Waals surface area contributed by atoms with Crippen molar-refractivity contribution in [1.29, 1.82) is 0 Å². The first-order valence-electron chi connectivity index (χ1n) is 9.33. The van der Waals surface area contributed by atoms with Crippen LogP contribution in [-0.2, 0) is 9.47 Å². The molecule has 0 aromatic heterocycles. The lowest BCUT2D eigenvalue weighted by Gasteiger charge is -2.51. The largest absolute Gasteiger partial charge is 0.392 e. The van der Waals surface area contributed by atoms with Gasteiger partial charge in [-0.2, -0.15) is 0 Å². The molecule has 2 aliphatic rings. The summed E-state index contributed by atoms with van der Waals surface area (Å²) in [4.78, 5) is 0. The van der Waals surface area contributed by atoms with E-state index in [0.717, 1.165) is 19.4 Å². The molecule has 1 saturated heterocycles. The van der Waals surface area contributed by atoms with Crippen molar-refractivity contribution in [2.24, 2.45) is 23.2 Å². The van der Waals surface area contributed by atoms with Gasteiger partial charge in [0.2, 0.25) is 0 Å². The van der Waals surface area contributed by atoms with Crippen molar-refractivity contribution >= 4 is 0 Å². The van der Waals surface area contributed by atoms with Crippen LogP contribution in [0.25, 0.3) is 0 Å². The maximum absolute atomic E-state index is 10.6. The number of aliphatic hydroxyl groups is 1. The van der Waals surface area contributed by atoms with Crippen molar-refractivity contribution in [3.8, 4) is 0 Å². The van der Waals surface area contributed by atoms with Crippen molar-refractivity contribution < 1.29 is 14.6 Å². The molecule has 1 spiro atoms. The summed E-state index contributed by atoms with van der Waals surface area (Å²) < 4.78 is 12.8. The van der Waals surface area contributed by atoms with Gasteiger partial charge < -0.3 is 14.6 Å². The van der Waals surface area contributed by atoms with E-state index in [1.807, 2.05) is 19.9 Å². The first-order valence-corrected chi connectivity index (χ1v) is 9.33. The molecule has 0 aromatic carbocycles. The Morgan fingerprint density at radius 3 is 2.61 bits per heavy atom. The van der Waals surface area contributed by atoms with E-state index >= 15 is 0 Å². The fourth-order valence-corrected chi connectivity index (χ4v) is 4.16. The molecule has 5 atom stereocenters. The number of hydrogen-bond donors (Lipinski definition) is 1. The van der Waals surface area contributed by atoms with Crippen molar-refractivity contribution in [2.75, 3.05) is 6.61 Å². The van der Waals surface area contributed by atoms with Crippen molar-refractivity contribution in [3.63, 3.8) is 0 Å². The van der Waals surface area contributed by atoms with Crippen LogP contribution in [0.4, 0.5) is 0 Å². The summed E-state index contributed by atoms with van der Waals surface area (Å²) in [5.74, 6) is 1.20. The standard InChI is InChI=1S/C20H36O3/c1-7-19(5,6)18(21)12-16-10-11-22-20(23-16)13-15(4)8-9-17(20)14(2)3/h7,14-18,21H,1,8-13H2,2-6H3/t15-,16?,17?,18?,20?/m1/s1. The molecule has 2 rings (SSSR count). The maximum atomic E-state index is 10.6. The van der Waals surface area contributed by atoms with Gasteiger partial charge in [-0.3, -0.25) is 0 Å². The highest BCUT2D eigenvalue weighted by Crippen LogP contribution is 2.47. The van der Waals surface area contributed by atoms with Crippen molar-refractivity contribution in [2.45, 2.75) is 84.7 Å². The third-order valence-corrected chi connectivity index (χ3v) is 6.00. The lowest BCUT2D eigenvalue weighted by atomic mass is 9.72. The number of aliphatic hydroxyl groups excluding tert-OH is 1. The van der Waals surface area contributed by atoms with Gasteiger partial charge in [0.25, 0.3) is 0 Å². The number of ether oxygens (including phenoxy) is 2. The monoisotopic (exact) mass is 324 g/mol. The van der Waals surface area contributed by atoms with E-state index in [9.17, 15) is 5.11 Å². The second-order valence-electron chi connectivity index (χ2n) is 8.70.